The Bertz CT molecular complexity index is 882. The van der Waals surface area contributed by atoms with E-state index in [0.29, 0.717) is 19.3 Å². The van der Waals surface area contributed by atoms with Gasteiger partial charge in [0.1, 0.15) is 36.6 Å². The number of carbonyl (C=O) groups is 1. The summed E-state index contributed by atoms with van der Waals surface area (Å²) < 4.78 is 11.1. The Kier molecular flexibility index (Phi) is 34.2. The molecular formula is C45H89NO10. The van der Waals surface area contributed by atoms with Gasteiger partial charge in [0.05, 0.1) is 25.4 Å². The molecule has 0 radical (unpaired) electrons. The molecule has 0 saturated carbocycles. The first-order valence-corrected chi connectivity index (χ1v) is 23.4. The van der Waals surface area contributed by atoms with Crippen LogP contribution in [0.1, 0.15) is 213 Å². The molecule has 1 rings (SSSR count). The third-order valence-corrected chi connectivity index (χ3v) is 11.7. The molecule has 1 aliphatic heterocycles. The molecule has 9 unspecified atom stereocenters. The van der Waals surface area contributed by atoms with E-state index < -0.39 is 74.2 Å². The van der Waals surface area contributed by atoms with E-state index in [4.69, 9.17) is 9.47 Å². The molecular weight excluding hydrogens is 714 g/mol. The number of nitrogens with one attached hydrogen (secondary N) is 1. The summed E-state index contributed by atoms with van der Waals surface area (Å²) in [6, 6.07) is -1.16. The second-order valence-electron chi connectivity index (χ2n) is 16.8. The van der Waals surface area contributed by atoms with Gasteiger partial charge in [0, 0.05) is 0 Å². The van der Waals surface area contributed by atoms with Gasteiger partial charge in [-0.25, -0.2) is 0 Å². The highest BCUT2D eigenvalue weighted by molar-refractivity contribution is 5.80. The van der Waals surface area contributed by atoms with Crippen LogP contribution in [0.3, 0.4) is 0 Å². The molecule has 11 nitrogen and oxygen atoms in total. The van der Waals surface area contributed by atoms with E-state index in [-0.39, 0.29) is 6.42 Å². The zero-order valence-electron chi connectivity index (χ0n) is 35.9. The van der Waals surface area contributed by atoms with Crippen LogP contribution in [0.5, 0.6) is 0 Å². The number of aliphatic hydroxyl groups is 7. The first-order chi connectivity index (χ1) is 27.2. The number of rotatable bonds is 39. The summed E-state index contributed by atoms with van der Waals surface area (Å²) in [6.45, 7) is 3.44. The van der Waals surface area contributed by atoms with Crippen LogP contribution in [0, 0.1) is 0 Å². The predicted octanol–water partition coefficient (Wildman–Crippen LogP) is 7.50. The molecule has 1 aliphatic rings. The second-order valence-corrected chi connectivity index (χ2v) is 16.8. The quantitative estimate of drug-likeness (QED) is 0.0289. The van der Waals surface area contributed by atoms with Gasteiger partial charge in [0.15, 0.2) is 6.29 Å². The van der Waals surface area contributed by atoms with Gasteiger partial charge >= 0.3 is 0 Å². The fourth-order valence-electron chi connectivity index (χ4n) is 7.74. The Morgan fingerprint density at radius 2 is 0.929 bits per heavy atom. The molecule has 0 aliphatic carbocycles. The van der Waals surface area contributed by atoms with E-state index in [1.807, 2.05) is 0 Å². The van der Waals surface area contributed by atoms with Crippen molar-refractivity contribution in [3.63, 3.8) is 0 Å². The highest BCUT2D eigenvalue weighted by atomic mass is 16.7. The number of aliphatic hydroxyl groups excluding tert-OH is 7. The second kappa shape index (κ2) is 36.0. The van der Waals surface area contributed by atoms with E-state index in [1.54, 1.807) is 0 Å². The number of carbonyl (C=O) groups excluding carboxylic acids is 1. The molecule has 0 aromatic carbocycles. The molecule has 0 bridgehead atoms. The maximum atomic E-state index is 13.1. The van der Waals surface area contributed by atoms with Gasteiger partial charge in [-0.1, -0.05) is 200 Å². The number of amides is 1. The van der Waals surface area contributed by atoms with Crippen molar-refractivity contribution >= 4 is 5.91 Å². The van der Waals surface area contributed by atoms with Gasteiger partial charge in [0.25, 0.3) is 0 Å². The van der Waals surface area contributed by atoms with Gasteiger partial charge in [-0.3, -0.25) is 4.79 Å². The third kappa shape index (κ3) is 25.6. The van der Waals surface area contributed by atoms with Gasteiger partial charge in [-0.05, 0) is 12.8 Å². The lowest BCUT2D eigenvalue weighted by Gasteiger charge is -2.40. The van der Waals surface area contributed by atoms with Crippen molar-refractivity contribution in [2.75, 3.05) is 13.2 Å². The lowest BCUT2D eigenvalue weighted by atomic mass is 9.98. The van der Waals surface area contributed by atoms with Crippen LogP contribution in [-0.2, 0) is 14.3 Å². The van der Waals surface area contributed by atoms with Crippen LogP contribution in [0.4, 0.5) is 0 Å². The molecule has 1 fully saturated rings. The van der Waals surface area contributed by atoms with Crippen LogP contribution < -0.4 is 5.32 Å². The fraction of sp³-hybridized carbons (Fsp3) is 0.978. The molecule has 8 N–H and O–H groups in total. The molecule has 1 amide bonds. The summed E-state index contributed by atoms with van der Waals surface area (Å²) >= 11 is 0. The number of hydrogen-bond donors (Lipinski definition) is 8. The first kappa shape index (κ1) is 53.1. The van der Waals surface area contributed by atoms with Crippen LogP contribution in [-0.4, -0.2) is 110 Å². The lowest BCUT2D eigenvalue weighted by molar-refractivity contribution is -0.303. The zero-order chi connectivity index (χ0) is 41.2. The van der Waals surface area contributed by atoms with E-state index in [9.17, 15) is 40.5 Å². The maximum Gasteiger partial charge on any atom is 0.249 e. The average molecular weight is 804 g/mol. The normalized spacial score (nSPS) is 22.2. The molecule has 0 aromatic rings. The van der Waals surface area contributed by atoms with Crippen molar-refractivity contribution in [1.82, 2.24) is 5.32 Å². The summed E-state index contributed by atoms with van der Waals surface area (Å²) in [5.41, 5.74) is 0. The van der Waals surface area contributed by atoms with Crippen molar-refractivity contribution in [2.45, 2.75) is 268 Å². The first-order valence-electron chi connectivity index (χ1n) is 23.4. The predicted molar refractivity (Wildman–Crippen MR) is 224 cm³/mol. The molecule has 56 heavy (non-hydrogen) atoms. The molecule has 0 aromatic heterocycles. The van der Waals surface area contributed by atoms with Crippen molar-refractivity contribution in [2.24, 2.45) is 0 Å². The Morgan fingerprint density at radius 1 is 0.554 bits per heavy atom. The van der Waals surface area contributed by atoms with Crippen molar-refractivity contribution in [3.05, 3.63) is 0 Å². The van der Waals surface area contributed by atoms with Crippen LogP contribution in [0.15, 0.2) is 0 Å². The zero-order valence-corrected chi connectivity index (χ0v) is 35.9. The largest absolute Gasteiger partial charge is 0.394 e. The smallest absolute Gasteiger partial charge is 0.249 e. The van der Waals surface area contributed by atoms with Gasteiger partial charge in [-0.15, -0.1) is 0 Å². The van der Waals surface area contributed by atoms with E-state index in [1.165, 1.54) is 135 Å². The molecule has 1 saturated heterocycles. The van der Waals surface area contributed by atoms with E-state index >= 15 is 0 Å². The van der Waals surface area contributed by atoms with Crippen LogP contribution >= 0.6 is 0 Å². The summed E-state index contributed by atoms with van der Waals surface area (Å²) in [7, 11) is 0. The Hall–Kier alpha value is -0.890. The summed E-state index contributed by atoms with van der Waals surface area (Å²) in [6.07, 6.45) is 24.3. The van der Waals surface area contributed by atoms with E-state index in [2.05, 4.69) is 19.2 Å². The van der Waals surface area contributed by atoms with Gasteiger partial charge in [0.2, 0.25) is 5.91 Å². The summed E-state index contributed by atoms with van der Waals surface area (Å²) in [5, 5.41) is 75.6. The topological polar surface area (TPSA) is 189 Å². The van der Waals surface area contributed by atoms with Crippen LogP contribution in [0.25, 0.3) is 0 Å². The van der Waals surface area contributed by atoms with E-state index in [0.717, 1.165) is 38.5 Å². The number of ether oxygens (including phenoxy) is 2. The Morgan fingerprint density at radius 3 is 1.32 bits per heavy atom. The van der Waals surface area contributed by atoms with Gasteiger partial charge in [-0.2, -0.15) is 0 Å². The number of hydrogen-bond acceptors (Lipinski definition) is 10. The Balaban J connectivity index is 2.45. The molecule has 334 valence electrons. The minimum absolute atomic E-state index is 0.266. The minimum atomic E-state index is -1.66. The molecule has 0 spiro atoms. The number of unbranched alkanes of at least 4 members (excludes halogenated alkanes) is 27. The van der Waals surface area contributed by atoms with Crippen molar-refractivity contribution in [3.8, 4) is 0 Å². The fourth-order valence-corrected chi connectivity index (χ4v) is 7.74. The lowest BCUT2D eigenvalue weighted by Crippen LogP contribution is -2.60. The summed E-state index contributed by atoms with van der Waals surface area (Å²) in [5.74, 6) is -0.694. The Labute approximate surface area is 341 Å². The average Bonchev–Trinajstić information content (AvgIpc) is 3.20. The molecule has 9 atom stereocenters. The monoisotopic (exact) mass is 804 g/mol. The maximum absolute atomic E-state index is 13.1. The minimum Gasteiger partial charge on any atom is -0.394 e. The highest BCUT2D eigenvalue weighted by Gasteiger charge is 2.44. The summed E-state index contributed by atoms with van der Waals surface area (Å²) in [4.78, 5) is 13.1. The standard InChI is InChI=1S/C45H89NO10/c1-3-5-7-9-11-13-15-17-18-19-21-22-24-26-28-30-32-37(48)40(50)36(35-55-45-43(53)42(52)41(51)39(34-47)56-45)46-44(54)38(49)33-31-29-27-25-23-20-16-14-12-10-8-6-4-2/h36-43,45,47-53H,3-35H2,1-2H3,(H,46,54). The van der Waals surface area contributed by atoms with Crippen molar-refractivity contribution < 1.29 is 50.0 Å². The third-order valence-electron chi connectivity index (χ3n) is 11.7. The molecule has 11 heteroatoms. The van der Waals surface area contributed by atoms with Crippen LogP contribution in [0.2, 0.25) is 0 Å². The van der Waals surface area contributed by atoms with Crippen molar-refractivity contribution in [1.29, 1.82) is 0 Å². The SMILES string of the molecule is CCCCCCCCCCCCCCCCCCC(O)C(O)C(COC1OC(CO)C(O)C(O)C1O)NC(=O)C(O)CCCCCCCCCCCCCCC. The molecule has 1 heterocycles. The highest BCUT2D eigenvalue weighted by Crippen LogP contribution is 2.23. The van der Waals surface area contributed by atoms with Gasteiger partial charge < -0.3 is 50.5 Å².